The number of ether oxygens (including phenoxy) is 1. The first kappa shape index (κ1) is 10.9. The number of rotatable bonds is 2. The molecule has 0 unspecified atom stereocenters. The fraction of sp³-hybridized carbons (Fsp3) is 0.917. The molecule has 1 saturated carbocycles. The van der Waals surface area contributed by atoms with Crippen LogP contribution in [0.5, 0.6) is 0 Å². The lowest BCUT2D eigenvalue weighted by Crippen LogP contribution is -2.32. The van der Waals surface area contributed by atoms with Crippen LogP contribution < -0.4 is 5.32 Å². The number of carbonyl (C=O) groups excluding carboxylic acids is 1. The Balaban J connectivity index is 1.74. The Morgan fingerprint density at radius 1 is 1.00 bits per heavy atom. The molecule has 15 heavy (non-hydrogen) atoms. The van der Waals surface area contributed by atoms with Gasteiger partial charge in [0.15, 0.2) is 0 Å². The Morgan fingerprint density at radius 3 is 2.33 bits per heavy atom. The minimum Gasteiger partial charge on any atom is -0.462 e. The van der Waals surface area contributed by atoms with E-state index in [-0.39, 0.29) is 18.0 Å². The van der Waals surface area contributed by atoms with E-state index in [0.29, 0.717) is 0 Å². The molecular formula is C12H20NO2. The number of piperidine rings is 1. The topological polar surface area (TPSA) is 40.4 Å². The molecule has 3 nitrogen and oxygen atoms in total. The van der Waals surface area contributed by atoms with Gasteiger partial charge in [0, 0.05) is 13.1 Å². The third-order valence-corrected chi connectivity index (χ3v) is 3.44. The molecular weight excluding hydrogens is 190 g/mol. The largest absolute Gasteiger partial charge is 0.462 e. The molecule has 0 spiro atoms. The third-order valence-electron chi connectivity index (χ3n) is 3.44. The van der Waals surface area contributed by atoms with Crippen molar-refractivity contribution in [2.75, 3.05) is 13.1 Å². The lowest BCUT2D eigenvalue weighted by Gasteiger charge is -2.26. The van der Waals surface area contributed by atoms with Gasteiger partial charge in [-0.1, -0.05) is 19.3 Å². The van der Waals surface area contributed by atoms with Crippen molar-refractivity contribution in [1.82, 2.24) is 5.32 Å². The van der Waals surface area contributed by atoms with E-state index in [0.717, 1.165) is 38.8 Å². The van der Waals surface area contributed by atoms with Gasteiger partial charge >= 0.3 is 5.97 Å². The van der Waals surface area contributed by atoms with Gasteiger partial charge < -0.3 is 4.74 Å². The molecule has 0 atom stereocenters. The summed E-state index contributed by atoms with van der Waals surface area (Å²) in [5.74, 6) is 0.249. The second-order valence-corrected chi connectivity index (χ2v) is 4.64. The lowest BCUT2D eigenvalue weighted by molar-refractivity contribution is -0.156. The molecule has 3 heteroatoms. The molecule has 2 rings (SSSR count). The highest BCUT2D eigenvalue weighted by Crippen LogP contribution is 2.25. The number of carbonyl (C=O) groups is 1. The first-order valence-electron chi connectivity index (χ1n) is 6.20. The zero-order valence-corrected chi connectivity index (χ0v) is 9.28. The molecule has 0 aromatic rings. The standard InChI is InChI=1S/C12H20NO2/c14-12(10-4-2-1-3-5-10)15-11-6-8-13-9-7-11/h10-11H,1-9H2. The van der Waals surface area contributed by atoms with E-state index in [1.54, 1.807) is 0 Å². The molecule has 1 aliphatic carbocycles. The molecule has 2 fully saturated rings. The van der Waals surface area contributed by atoms with Crippen molar-refractivity contribution in [3.63, 3.8) is 0 Å². The molecule has 0 bridgehead atoms. The Kier molecular flexibility index (Phi) is 4.01. The van der Waals surface area contributed by atoms with Gasteiger partial charge in [0.2, 0.25) is 0 Å². The molecule has 2 aliphatic rings. The molecule has 1 heterocycles. The minimum absolute atomic E-state index is 0.0570. The van der Waals surface area contributed by atoms with E-state index < -0.39 is 0 Å². The summed E-state index contributed by atoms with van der Waals surface area (Å²) >= 11 is 0. The summed E-state index contributed by atoms with van der Waals surface area (Å²) in [7, 11) is 0. The molecule has 1 aliphatic heterocycles. The van der Waals surface area contributed by atoms with Crippen LogP contribution in [0.2, 0.25) is 0 Å². The first-order valence-corrected chi connectivity index (χ1v) is 6.20. The maximum absolute atomic E-state index is 11.8. The van der Waals surface area contributed by atoms with Gasteiger partial charge in [-0.15, -0.1) is 0 Å². The quantitative estimate of drug-likeness (QED) is 0.653. The second kappa shape index (κ2) is 5.50. The van der Waals surface area contributed by atoms with Crippen LogP contribution in [0.15, 0.2) is 0 Å². The monoisotopic (exact) mass is 210 g/mol. The zero-order chi connectivity index (χ0) is 10.5. The van der Waals surface area contributed by atoms with Gasteiger partial charge in [-0.25, -0.2) is 5.32 Å². The molecule has 1 radical (unpaired) electrons. The van der Waals surface area contributed by atoms with Gasteiger partial charge in [-0.3, -0.25) is 4.79 Å². The molecule has 1 saturated heterocycles. The van der Waals surface area contributed by atoms with Gasteiger partial charge in [0.05, 0.1) is 5.92 Å². The SMILES string of the molecule is O=C(OC1CC[N]CC1)C1CCCCC1. The van der Waals surface area contributed by atoms with Crippen molar-refractivity contribution >= 4 is 5.97 Å². The normalized spacial score (nSPS) is 25.1. The van der Waals surface area contributed by atoms with Crippen molar-refractivity contribution < 1.29 is 9.53 Å². The van der Waals surface area contributed by atoms with Gasteiger partial charge in [0.25, 0.3) is 0 Å². The molecule has 0 N–H and O–H groups in total. The first-order chi connectivity index (χ1) is 7.36. The van der Waals surface area contributed by atoms with Crippen molar-refractivity contribution in [2.24, 2.45) is 5.92 Å². The summed E-state index contributed by atoms with van der Waals surface area (Å²) < 4.78 is 5.53. The van der Waals surface area contributed by atoms with Crippen molar-refractivity contribution in [2.45, 2.75) is 51.0 Å². The Labute approximate surface area is 91.6 Å². The Morgan fingerprint density at radius 2 is 1.67 bits per heavy atom. The summed E-state index contributed by atoms with van der Waals surface area (Å²) in [5.41, 5.74) is 0. The summed E-state index contributed by atoms with van der Waals surface area (Å²) in [4.78, 5) is 11.8. The average Bonchev–Trinajstić information content (AvgIpc) is 2.31. The van der Waals surface area contributed by atoms with E-state index >= 15 is 0 Å². The van der Waals surface area contributed by atoms with Crippen LogP contribution in [-0.4, -0.2) is 25.2 Å². The van der Waals surface area contributed by atoms with Crippen LogP contribution in [0.4, 0.5) is 0 Å². The fourth-order valence-electron chi connectivity index (χ4n) is 2.44. The third kappa shape index (κ3) is 3.20. The maximum atomic E-state index is 11.8. The molecule has 0 amide bonds. The number of hydrogen-bond acceptors (Lipinski definition) is 2. The predicted octanol–water partition coefficient (Wildman–Crippen LogP) is 1.88. The van der Waals surface area contributed by atoms with Crippen molar-refractivity contribution in [3.8, 4) is 0 Å². The molecule has 0 aromatic carbocycles. The van der Waals surface area contributed by atoms with Gasteiger partial charge in [0.1, 0.15) is 6.10 Å². The van der Waals surface area contributed by atoms with Gasteiger partial charge in [-0.05, 0) is 25.7 Å². The minimum atomic E-state index is 0.0570. The Bertz CT molecular complexity index is 206. The number of esters is 1. The van der Waals surface area contributed by atoms with Crippen LogP contribution in [0.3, 0.4) is 0 Å². The Hall–Kier alpha value is -0.570. The van der Waals surface area contributed by atoms with E-state index in [1.807, 2.05) is 0 Å². The fourth-order valence-corrected chi connectivity index (χ4v) is 2.44. The van der Waals surface area contributed by atoms with Crippen LogP contribution in [-0.2, 0) is 9.53 Å². The van der Waals surface area contributed by atoms with Crippen LogP contribution in [0.1, 0.15) is 44.9 Å². The van der Waals surface area contributed by atoms with Crippen LogP contribution in [0.25, 0.3) is 0 Å². The lowest BCUT2D eigenvalue weighted by atomic mass is 9.89. The molecule has 85 valence electrons. The second-order valence-electron chi connectivity index (χ2n) is 4.64. The van der Waals surface area contributed by atoms with E-state index in [4.69, 9.17) is 4.74 Å². The number of nitrogens with zero attached hydrogens (tertiary/aromatic N) is 1. The summed E-state index contributed by atoms with van der Waals surface area (Å²) in [6.45, 7) is 1.73. The average molecular weight is 210 g/mol. The highest BCUT2D eigenvalue weighted by Gasteiger charge is 2.25. The van der Waals surface area contributed by atoms with E-state index in [9.17, 15) is 4.79 Å². The summed E-state index contributed by atoms with van der Waals surface area (Å²) in [6, 6.07) is 0. The predicted molar refractivity (Wildman–Crippen MR) is 57.6 cm³/mol. The van der Waals surface area contributed by atoms with E-state index in [1.165, 1.54) is 19.3 Å². The number of hydrogen-bond donors (Lipinski definition) is 0. The summed E-state index contributed by atoms with van der Waals surface area (Å²) in [6.07, 6.45) is 7.76. The van der Waals surface area contributed by atoms with Crippen molar-refractivity contribution in [3.05, 3.63) is 0 Å². The van der Waals surface area contributed by atoms with Crippen LogP contribution in [0, 0.1) is 5.92 Å². The maximum Gasteiger partial charge on any atom is 0.309 e. The smallest absolute Gasteiger partial charge is 0.309 e. The van der Waals surface area contributed by atoms with E-state index in [2.05, 4.69) is 5.32 Å². The van der Waals surface area contributed by atoms with Gasteiger partial charge in [-0.2, -0.15) is 0 Å². The molecule has 0 aromatic heterocycles. The van der Waals surface area contributed by atoms with Crippen LogP contribution >= 0.6 is 0 Å². The highest BCUT2D eigenvalue weighted by molar-refractivity contribution is 5.72. The zero-order valence-electron chi connectivity index (χ0n) is 9.28. The summed E-state index contributed by atoms with van der Waals surface area (Å²) in [5, 5.41) is 4.26. The highest BCUT2D eigenvalue weighted by atomic mass is 16.5. The van der Waals surface area contributed by atoms with Crippen molar-refractivity contribution in [1.29, 1.82) is 0 Å².